The number of nitrogens with zero attached hydrogens (tertiary/aromatic N) is 3. The number of fused-ring (bicyclic) bond motifs is 1. The van der Waals surface area contributed by atoms with Crippen molar-refractivity contribution < 1.29 is 0 Å². The summed E-state index contributed by atoms with van der Waals surface area (Å²) < 4.78 is 2.08. The average Bonchev–Trinajstić information content (AvgIpc) is 3.00. The van der Waals surface area contributed by atoms with Gasteiger partial charge in [-0.2, -0.15) is 0 Å². The molecule has 0 atom stereocenters. The Labute approximate surface area is 150 Å². The normalized spacial score (nSPS) is 21.1. The van der Waals surface area contributed by atoms with E-state index in [1.54, 1.807) is 0 Å². The van der Waals surface area contributed by atoms with E-state index in [4.69, 9.17) is 0 Å². The SMILES string of the molecule is Cc1cccc(-c2nnc3ccc(NC4CCC(Br)CC4)cn23)c1. The largest absolute Gasteiger partial charge is 0.381 e. The van der Waals surface area contributed by atoms with Crippen LogP contribution in [0.15, 0.2) is 42.6 Å². The minimum absolute atomic E-state index is 0.551. The van der Waals surface area contributed by atoms with Crippen LogP contribution in [-0.4, -0.2) is 25.5 Å². The summed E-state index contributed by atoms with van der Waals surface area (Å²) in [7, 11) is 0. The number of hydrogen-bond donors (Lipinski definition) is 1. The highest BCUT2D eigenvalue weighted by Crippen LogP contribution is 2.27. The number of hydrogen-bond acceptors (Lipinski definition) is 3. The van der Waals surface area contributed by atoms with E-state index < -0.39 is 0 Å². The number of aryl methyl sites for hydroxylation is 1. The molecule has 124 valence electrons. The topological polar surface area (TPSA) is 42.2 Å². The van der Waals surface area contributed by atoms with Crippen LogP contribution in [0.5, 0.6) is 0 Å². The monoisotopic (exact) mass is 384 g/mol. The molecule has 3 aromatic rings. The standard InChI is InChI=1S/C19H21BrN4/c1-13-3-2-4-14(11-13)19-23-22-18-10-9-17(12-24(18)19)21-16-7-5-15(20)6-8-16/h2-4,9-12,15-16,21H,5-8H2,1H3. The van der Waals surface area contributed by atoms with Crippen LogP contribution in [0.3, 0.4) is 0 Å². The van der Waals surface area contributed by atoms with Crippen molar-refractivity contribution in [1.29, 1.82) is 0 Å². The zero-order valence-electron chi connectivity index (χ0n) is 13.7. The van der Waals surface area contributed by atoms with Crippen molar-refractivity contribution in [1.82, 2.24) is 14.6 Å². The van der Waals surface area contributed by atoms with Crippen molar-refractivity contribution in [3.05, 3.63) is 48.2 Å². The summed E-state index contributed by atoms with van der Waals surface area (Å²) in [5.74, 6) is 0.890. The minimum atomic E-state index is 0.551. The summed E-state index contributed by atoms with van der Waals surface area (Å²) in [5, 5.41) is 12.4. The Hall–Kier alpha value is -1.88. The lowest BCUT2D eigenvalue weighted by Crippen LogP contribution is -2.26. The molecule has 1 N–H and O–H groups in total. The first-order valence-corrected chi connectivity index (χ1v) is 9.43. The molecule has 0 bridgehead atoms. The third-order valence-corrected chi connectivity index (χ3v) is 5.62. The van der Waals surface area contributed by atoms with Gasteiger partial charge in [0, 0.05) is 22.6 Å². The second-order valence-corrected chi connectivity index (χ2v) is 7.93. The zero-order chi connectivity index (χ0) is 16.5. The first-order chi connectivity index (χ1) is 11.7. The molecule has 1 fully saturated rings. The Kier molecular flexibility index (Phi) is 4.27. The average molecular weight is 385 g/mol. The highest BCUT2D eigenvalue weighted by Gasteiger charge is 2.19. The van der Waals surface area contributed by atoms with Gasteiger partial charge in [-0.3, -0.25) is 4.40 Å². The van der Waals surface area contributed by atoms with Gasteiger partial charge in [0.1, 0.15) is 0 Å². The highest BCUT2D eigenvalue weighted by molar-refractivity contribution is 9.09. The van der Waals surface area contributed by atoms with Gasteiger partial charge in [-0.25, -0.2) is 0 Å². The first-order valence-electron chi connectivity index (χ1n) is 8.51. The van der Waals surface area contributed by atoms with E-state index in [2.05, 4.69) is 79.3 Å². The van der Waals surface area contributed by atoms with Gasteiger partial charge in [0.15, 0.2) is 11.5 Å². The van der Waals surface area contributed by atoms with Crippen LogP contribution in [0.25, 0.3) is 17.0 Å². The van der Waals surface area contributed by atoms with E-state index in [1.165, 1.54) is 31.2 Å². The maximum absolute atomic E-state index is 4.38. The maximum atomic E-state index is 4.38. The highest BCUT2D eigenvalue weighted by atomic mass is 79.9. The molecule has 0 aliphatic heterocycles. The predicted octanol–water partition coefficient (Wildman–Crippen LogP) is 4.82. The number of nitrogens with one attached hydrogen (secondary N) is 1. The first kappa shape index (κ1) is 15.6. The second-order valence-electron chi connectivity index (χ2n) is 6.63. The fraction of sp³-hybridized carbons (Fsp3) is 0.368. The van der Waals surface area contributed by atoms with E-state index >= 15 is 0 Å². The Morgan fingerprint density at radius 3 is 2.71 bits per heavy atom. The van der Waals surface area contributed by atoms with Crippen LogP contribution in [0.1, 0.15) is 31.2 Å². The molecule has 1 saturated carbocycles. The Balaban J connectivity index is 1.63. The molecule has 4 nitrogen and oxygen atoms in total. The molecule has 0 radical (unpaired) electrons. The summed E-state index contributed by atoms with van der Waals surface area (Å²) in [6, 6.07) is 13.1. The summed E-state index contributed by atoms with van der Waals surface area (Å²) in [6.07, 6.45) is 7.01. The van der Waals surface area contributed by atoms with E-state index in [9.17, 15) is 0 Å². The molecular weight excluding hydrogens is 364 g/mol. The number of halogens is 1. The van der Waals surface area contributed by atoms with Crippen molar-refractivity contribution in [3.8, 4) is 11.4 Å². The molecule has 0 unspecified atom stereocenters. The molecule has 4 rings (SSSR count). The molecule has 24 heavy (non-hydrogen) atoms. The van der Waals surface area contributed by atoms with E-state index in [1.807, 2.05) is 6.07 Å². The Morgan fingerprint density at radius 1 is 1.08 bits per heavy atom. The third kappa shape index (κ3) is 3.18. The van der Waals surface area contributed by atoms with Crippen LogP contribution in [0, 0.1) is 6.92 Å². The molecule has 1 aliphatic carbocycles. The smallest absolute Gasteiger partial charge is 0.168 e. The molecular formula is C19H21BrN4. The number of aromatic nitrogens is 3. The quantitative estimate of drug-likeness (QED) is 0.657. The van der Waals surface area contributed by atoms with Crippen LogP contribution in [0.4, 0.5) is 5.69 Å². The maximum Gasteiger partial charge on any atom is 0.168 e. The van der Waals surface area contributed by atoms with Crippen molar-refractivity contribution in [2.24, 2.45) is 0 Å². The predicted molar refractivity (Wildman–Crippen MR) is 102 cm³/mol. The second kappa shape index (κ2) is 6.55. The van der Waals surface area contributed by atoms with Gasteiger partial charge < -0.3 is 5.32 Å². The lowest BCUT2D eigenvalue weighted by atomic mass is 9.95. The number of anilines is 1. The Morgan fingerprint density at radius 2 is 1.92 bits per heavy atom. The fourth-order valence-electron chi connectivity index (χ4n) is 3.39. The van der Waals surface area contributed by atoms with Crippen LogP contribution in [0.2, 0.25) is 0 Å². The summed E-state index contributed by atoms with van der Waals surface area (Å²) in [5.41, 5.74) is 4.33. The van der Waals surface area contributed by atoms with Crippen LogP contribution < -0.4 is 5.32 Å². The fourth-order valence-corrected chi connectivity index (χ4v) is 3.92. The van der Waals surface area contributed by atoms with Crippen LogP contribution in [-0.2, 0) is 0 Å². The molecule has 0 saturated heterocycles. The lowest BCUT2D eigenvalue weighted by molar-refractivity contribution is 0.477. The van der Waals surface area contributed by atoms with Gasteiger partial charge in [0.2, 0.25) is 0 Å². The van der Waals surface area contributed by atoms with Gasteiger partial charge in [-0.1, -0.05) is 39.7 Å². The van der Waals surface area contributed by atoms with Gasteiger partial charge in [-0.05, 0) is 50.8 Å². The van der Waals surface area contributed by atoms with Crippen LogP contribution >= 0.6 is 15.9 Å². The van der Waals surface area contributed by atoms with Gasteiger partial charge in [0.25, 0.3) is 0 Å². The molecule has 2 heterocycles. The summed E-state index contributed by atoms with van der Waals surface area (Å²) >= 11 is 3.72. The van der Waals surface area contributed by atoms with E-state index in [-0.39, 0.29) is 0 Å². The third-order valence-electron chi connectivity index (χ3n) is 4.71. The van der Waals surface area contributed by atoms with Gasteiger partial charge in [-0.15, -0.1) is 10.2 Å². The van der Waals surface area contributed by atoms with Gasteiger partial charge >= 0.3 is 0 Å². The van der Waals surface area contributed by atoms with Crippen molar-refractivity contribution >= 4 is 27.3 Å². The number of pyridine rings is 1. The number of alkyl halides is 1. The van der Waals surface area contributed by atoms with Crippen molar-refractivity contribution in [2.45, 2.75) is 43.5 Å². The van der Waals surface area contributed by atoms with Crippen molar-refractivity contribution in [3.63, 3.8) is 0 Å². The Bertz CT molecular complexity index is 849. The molecule has 5 heteroatoms. The molecule has 2 aromatic heterocycles. The minimum Gasteiger partial charge on any atom is -0.381 e. The summed E-state index contributed by atoms with van der Waals surface area (Å²) in [6.45, 7) is 2.10. The van der Waals surface area contributed by atoms with Crippen molar-refractivity contribution in [2.75, 3.05) is 5.32 Å². The lowest BCUT2D eigenvalue weighted by Gasteiger charge is -2.26. The molecule has 1 aromatic carbocycles. The van der Waals surface area contributed by atoms with Gasteiger partial charge in [0.05, 0.1) is 5.69 Å². The summed E-state index contributed by atoms with van der Waals surface area (Å²) in [4.78, 5) is 0.684. The zero-order valence-corrected chi connectivity index (χ0v) is 15.3. The number of rotatable bonds is 3. The number of benzene rings is 1. The molecule has 0 amide bonds. The van der Waals surface area contributed by atoms with E-state index in [0.29, 0.717) is 10.9 Å². The molecule has 0 spiro atoms. The molecule has 1 aliphatic rings. The van der Waals surface area contributed by atoms with E-state index in [0.717, 1.165) is 22.7 Å².